The SMILES string of the molecule is O=C(NC1CCc2nn(Cc3cccnc3)c(=O)n2CC1)c1ccc(C2CCNCC2)cc1. The third-order valence-corrected chi connectivity index (χ3v) is 6.79. The van der Waals surface area contributed by atoms with Crippen LogP contribution in [0.3, 0.4) is 0 Å². The normalized spacial score (nSPS) is 19.0. The van der Waals surface area contributed by atoms with Crippen molar-refractivity contribution in [3.8, 4) is 0 Å². The van der Waals surface area contributed by atoms with Gasteiger partial charge < -0.3 is 10.6 Å². The number of hydrogen-bond acceptors (Lipinski definition) is 5. The van der Waals surface area contributed by atoms with Crippen LogP contribution < -0.4 is 16.3 Å². The molecule has 8 heteroatoms. The Morgan fingerprint density at radius 1 is 1.09 bits per heavy atom. The van der Waals surface area contributed by atoms with Gasteiger partial charge in [-0.05, 0) is 74.0 Å². The number of amides is 1. The Kier molecular flexibility index (Phi) is 6.35. The summed E-state index contributed by atoms with van der Waals surface area (Å²) in [5, 5.41) is 11.1. The lowest BCUT2D eigenvalue weighted by Crippen LogP contribution is -2.36. The summed E-state index contributed by atoms with van der Waals surface area (Å²) in [4.78, 5) is 29.8. The van der Waals surface area contributed by atoms with Gasteiger partial charge in [-0.3, -0.25) is 14.3 Å². The summed E-state index contributed by atoms with van der Waals surface area (Å²) in [6.45, 7) is 3.09. The molecule has 0 radical (unpaired) electrons. The van der Waals surface area contributed by atoms with E-state index < -0.39 is 0 Å². The molecule has 4 heterocycles. The summed E-state index contributed by atoms with van der Waals surface area (Å²) in [6.07, 6.45) is 7.90. The van der Waals surface area contributed by atoms with Crippen molar-refractivity contribution in [3.05, 3.63) is 81.8 Å². The molecule has 1 saturated heterocycles. The molecule has 0 aliphatic carbocycles. The second kappa shape index (κ2) is 9.70. The number of carbonyl (C=O) groups is 1. The van der Waals surface area contributed by atoms with E-state index in [0.29, 0.717) is 37.4 Å². The van der Waals surface area contributed by atoms with E-state index in [-0.39, 0.29) is 17.6 Å². The molecule has 2 aliphatic heterocycles. The van der Waals surface area contributed by atoms with E-state index in [1.54, 1.807) is 17.0 Å². The highest BCUT2D eigenvalue weighted by Crippen LogP contribution is 2.25. The Hall–Kier alpha value is -3.26. The zero-order valence-corrected chi connectivity index (χ0v) is 18.7. The summed E-state index contributed by atoms with van der Waals surface area (Å²) in [5.74, 6) is 1.31. The number of benzene rings is 1. The highest BCUT2D eigenvalue weighted by atomic mass is 16.2. The minimum atomic E-state index is -0.102. The molecule has 1 atom stereocenters. The summed E-state index contributed by atoms with van der Waals surface area (Å²) in [5.41, 5.74) is 2.85. The van der Waals surface area contributed by atoms with E-state index in [9.17, 15) is 9.59 Å². The van der Waals surface area contributed by atoms with Gasteiger partial charge in [0.2, 0.25) is 0 Å². The van der Waals surface area contributed by atoms with Crippen molar-refractivity contribution >= 4 is 5.91 Å². The molecule has 3 aromatic rings. The first-order valence-electron chi connectivity index (χ1n) is 11.8. The molecule has 2 N–H and O–H groups in total. The first-order valence-corrected chi connectivity index (χ1v) is 11.8. The fourth-order valence-corrected chi connectivity index (χ4v) is 4.87. The number of aromatic nitrogens is 4. The molecule has 1 fully saturated rings. The predicted molar refractivity (Wildman–Crippen MR) is 125 cm³/mol. The van der Waals surface area contributed by atoms with Crippen molar-refractivity contribution in [2.24, 2.45) is 0 Å². The van der Waals surface area contributed by atoms with Gasteiger partial charge in [-0.1, -0.05) is 18.2 Å². The van der Waals surface area contributed by atoms with E-state index in [1.165, 1.54) is 10.2 Å². The van der Waals surface area contributed by atoms with E-state index in [4.69, 9.17) is 0 Å². The van der Waals surface area contributed by atoms with Gasteiger partial charge in [0.1, 0.15) is 5.82 Å². The molecule has 2 aromatic heterocycles. The lowest BCUT2D eigenvalue weighted by molar-refractivity contribution is 0.0933. The lowest BCUT2D eigenvalue weighted by Gasteiger charge is -2.23. The molecular weight excluding hydrogens is 416 g/mol. The molecular formula is C25H30N6O2. The molecule has 0 spiro atoms. The van der Waals surface area contributed by atoms with E-state index in [2.05, 4.69) is 32.8 Å². The van der Waals surface area contributed by atoms with Crippen LogP contribution in [0.25, 0.3) is 0 Å². The molecule has 2 aliphatic rings. The van der Waals surface area contributed by atoms with E-state index >= 15 is 0 Å². The van der Waals surface area contributed by atoms with Gasteiger partial charge in [0.05, 0.1) is 6.54 Å². The second-order valence-corrected chi connectivity index (χ2v) is 9.01. The quantitative estimate of drug-likeness (QED) is 0.626. The molecule has 1 unspecified atom stereocenters. The van der Waals surface area contributed by atoms with Crippen LogP contribution in [0.5, 0.6) is 0 Å². The summed E-state index contributed by atoms with van der Waals surface area (Å²) < 4.78 is 3.26. The van der Waals surface area contributed by atoms with Crippen molar-refractivity contribution in [3.63, 3.8) is 0 Å². The number of fused-ring (bicyclic) bond motifs is 1. The monoisotopic (exact) mass is 446 g/mol. The van der Waals surface area contributed by atoms with Crippen LogP contribution in [0.1, 0.15) is 58.9 Å². The number of rotatable bonds is 5. The van der Waals surface area contributed by atoms with Crippen molar-refractivity contribution in [2.75, 3.05) is 13.1 Å². The maximum Gasteiger partial charge on any atom is 0.346 e. The van der Waals surface area contributed by atoms with Crippen molar-refractivity contribution < 1.29 is 4.79 Å². The van der Waals surface area contributed by atoms with Crippen molar-refractivity contribution in [1.29, 1.82) is 0 Å². The number of nitrogens with one attached hydrogen (secondary N) is 2. The minimum Gasteiger partial charge on any atom is -0.349 e. The molecule has 1 aromatic carbocycles. The molecule has 1 amide bonds. The Labute approximate surface area is 193 Å². The Morgan fingerprint density at radius 3 is 2.67 bits per heavy atom. The van der Waals surface area contributed by atoms with Gasteiger partial charge >= 0.3 is 5.69 Å². The number of carbonyl (C=O) groups excluding carboxylic acids is 1. The Morgan fingerprint density at radius 2 is 1.91 bits per heavy atom. The Bertz CT molecular complexity index is 1150. The topological polar surface area (TPSA) is 93.8 Å². The first kappa shape index (κ1) is 21.6. The van der Waals surface area contributed by atoms with Gasteiger partial charge in [-0.15, -0.1) is 0 Å². The second-order valence-electron chi connectivity index (χ2n) is 9.01. The van der Waals surface area contributed by atoms with Crippen LogP contribution >= 0.6 is 0 Å². The predicted octanol–water partition coefficient (Wildman–Crippen LogP) is 2.09. The van der Waals surface area contributed by atoms with Crippen LogP contribution in [0, 0.1) is 0 Å². The summed E-state index contributed by atoms with van der Waals surface area (Å²) >= 11 is 0. The minimum absolute atomic E-state index is 0.0227. The van der Waals surface area contributed by atoms with Gasteiger partial charge in [0, 0.05) is 37.0 Å². The van der Waals surface area contributed by atoms with Crippen molar-refractivity contribution in [2.45, 2.75) is 57.2 Å². The highest BCUT2D eigenvalue weighted by molar-refractivity contribution is 5.94. The maximum atomic E-state index is 12.8. The number of hydrogen-bond donors (Lipinski definition) is 2. The summed E-state index contributed by atoms with van der Waals surface area (Å²) in [7, 11) is 0. The lowest BCUT2D eigenvalue weighted by atomic mass is 9.90. The van der Waals surface area contributed by atoms with Crippen LogP contribution in [-0.2, 0) is 19.5 Å². The number of pyridine rings is 1. The number of piperidine rings is 1. The van der Waals surface area contributed by atoms with Crippen LogP contribution in [0.4, 0.5) is 0 Å². The fourth-order valence-electron chi connectivity index (χ4n) is 4.87. The number of nitrogens with zero attached hydrogens (tertiary/aromatic N) is 4. The van der Waals surface area contributed by atoms with E-state index in [1.807, 2.05) is 24.3 Å². The average Bonchev–Trinajstić information content (AvgIpc) is 3.02. The van der Waals surface area contributed by atoms with Gasteiger partial charge in [0.15, 0.2) is 0 Å². The molecule has 33 heavy (non-hydrogen) atoms. The molecule has 0 saturated carbocycles. The highest BCUT2D eigenvalue weighted by Gasteiger charge is 2.23. The standard InChI is InChI=1S/C25H30N6O2/c32-24(21-5-3-19(4-6-21)20-9-13-26-14-10-20)28-22-7-8-23-29-31(25(33)30(23)15-11-22)17-18-2-1-12-27-16-18/h1-6,12,16,20,22,26H,7-11,13-15,17H2,(H,28,32). The third-order valence-electron chi connectivity index (χ3n) is 6.79. The Balaban J connectivity index is 1.19. The maximum absolute atomic E-state index is 12.8. The van der Waals surface area contributed by atoms with Gasteiger partial charge in [-0.2, -0.15) is 5.10 Å². The van der Waals surface area contributed by atoms with Crippen LogP contribution in [0.15, 0.2) is 53.6 Å². The van der Waals surface area contributed by atoms with Crippen LogP contribution in [0.2, 0.25) is 0 Å². The first-order chi connectivity index (χ1) is 16.2. The zero-order valence-electron chi connectivity index (χ0n) is 18.7. The average molecular weight is 447 g/mol. The number of aryl methyl sites for hydroxylation is 1. The molecule has 5 rings (SSSR count). The zero-order chi connectivity index (χ0) is 22.6. The van der Waals surface area contributed by atoms with E-state index in [0.717, 1.165) is 43.7 Å². The van der Waals surface area contributed by atoms with Gasteiger partial charge in [0.25, 0.3) is 5.91 Å². The molecule has 0 bridgehead atoms. The van der Waals surface area contributed by atoms with Gasteiger partial charge in [-0.25, -0.2) is 9.48 Å². The summed E-state index contributed by atoms with van der Waals surface area (Å²) in [6, 6.07) is 11.9. The molecule has 172 valence electrons. The fraction of sp³-hybridized carbons (Fsp3) is 0.440. The van der Waals surface area contributed by atoms with Crippen molar-refractivity contribution in [1.82, 2.24) is 30.0 Å². The third kappa shape index (κ3) is 4.90. The molecule has 8 nitrogen and oxygen atoms in total. The smallest absolute Gasteiger partial charge is 0.346 e. The largest absolute Gasteiger partial charge is 0.349 e. The van der Waals surface area contributed by atoms with Crippen LogP contribution in [-0.4, -0.2) is 44.4 Å².